The number of carboxylic acids is 1. The Morgan fingerprint density at radius 2 is 2.17 bits per heavy atom. The highest BCUT2D eigenvalue weighted by Crippen LogP contribution is 2.43. The van der Waals surface area contributed by atoms with E-state index in [0.717, 1.165) is 17.5 Å². The third-order valence-corrected chi connectivity index (χ3v) is 3.74. The molecule has 94 valence electrons. The van der Waals surface area contributed by atoms with Crippen LogP contribution in [-0.4, -0.2) is 16.1 Å². The van der Waals surface area contributed by atoms with Crippen LogP contribution in [0.5, 0.6) is 0 Å². The molecule has 0 spiro atoms. The zero-order valence-corrected chi connectivity index (χ0v) is 10.2. The van der Waals surface area contributed by atoms with E-state index in [1.165, 1.54) is 0 Å². The lowest BCUT2D eigenvalue weighted by atomic mass is 9.96. The van der Waals surface area contributed by atoms with Crippen LogP contribution < -0.4 is 0 Å². The summed E-state index contributed by atoms with van der Waals surface area (Å²) in [5.41, 5.74) is 1.53. The van der Waals surface area contributed by atoms with Crippen molar-refractivity contribution in [2.24, 2.45) is 11.8 Å². The molecule has 0 amide bonds. The molecule has 3 rings (SSSR count). The van der Waals surface area contributed by atoms with Crippen molar-refractivity contribution >= 4 is 17.1 Å². The van der Waals surface area contributed by atoms with Gasteiger partial charge in [0.15, 0.2) is 11.5 Å². The number of hydrogen-bond donors (Lipinski definition) is 1. The summed E-state index contributed by atoms with van der Waals surface area (Å²) >= 11 is 0. The molecule has 0 bridgehead atoms. The van der Waals surface area contributed by atoms with E-state index in [0.29, 0.717) is 18.2 Å². The van der Waals surface area contributed by atoms with Gasteiger partial charge in [-0.15, -0.1) is 0 Å². The molecule has 1 aliphatic rings. The Kier molecular flexibility index (Phi) is 2.58. The summed E-state index contributed by atoms with van der Waals surface area (Å²) in [6.07, 6.45) is 1.54. The van der Waals surface area contributed by atoms with Crippen LogP contribution in [0, 0.1) is 11.8 Å². The second-order valence-corrected chi connectivity index (χ2v) is 5.15. The predicted octanol–water partition coefficient (Wildman–Crippen LogP) is 3.04. The van der Waals surface area contributed by atoms with Crippen LogP contribution in [0.1, 0.15) is 31.6 Å². The minimum Gasteiger partial charge on any atom is -0.481 e. The number of aromatic nitrogens is 1. The first-order valence-corrected chi connectivity index (χ1v) is 6.23. The van der Waals surface area contributed by atoms with E-state index in [1.54, 1.807) is 0 Å². The molecule has 1 fully saturated rings. The van der Waals surface area contributed by atoms with E-state index < -0.39 is 5.97 Å². The topological polar surface area (TPSA) is 63.3 Å². The van der Waals surface area contributed by atoms with E-state index in [1.807, 2.05) is 24.3 Å². The van der Waals surface area contributed by atoms with Gasteiger partial charge in [0.25, 0.3) is 0 Å². The highest BCUT2D eigenvalue weighted by Gasteiger charge is 2.40. The second-order valence-electron chi connectivity index (χ2n) is 5.15. The fourth-order valence-corrected chi connectivity index (χ4v) is 2.89. The summed E-state index contributed by atoms with van der Waals surface area (Å²) in [7, 11) is 0. The van der Waals surface area contributed by atoms with Crippen molar-refractivity contribution in [1.29, 1.82) is 0 Å². The van der Waals surface area contributed by atoms with E-state index >= 15 is 0 Å². The number of hydrogen-bond acceptors (Lipinski definition) is 3. The average molecular weight is 245 g/mol. The number of para-hydroxylation sites is 2. The van der Waals surface area contributed by atoms with Crippen LogP contribution in [0.4, 0.5) is 0 Å². The van der Waals surface area contributed by atoms with Crippen molar-refractivity contribution in [3.05, 3.63) is 30.2 Å². The molecule has 0 saturated heterocycles. The Hall–Kier alpha value is -1.84. The van der Waals surface area contributed by atoms with Crippen LogP contribution in [0.3, 0.4) is 0 Å². The first-order valence-electron chi connectivity index (χ1n) is 6.23. The minimum absolute atomic E-state index is 0.0927. The number of oxazole rings is 1. The Labute approximate surface area is 105 Å². The van der Waals surface area contributed by atoms with Crippen LogP contribution >= 0.6 is 0 Å². The van der Waals surface area contributed by atoms with Crippen molar-refractivity contribution in [3.8, 4) is 0 Å². The van der Waals surface area contributed by atoms with Crippen LogP contribution in [0.15, 0.2) is 28.7 Å². The van der Waals surface area contributed by atoms with Gasteiger partial charge < -0.3 is 9.52 Å². The van der Waals surface area contributed by atoms with Gasteiger partial charge in [0, 0.05) is 5.92 Å². The van der Waals surface area contributed by atoms with E-state index in [-0.39, 0.29) is 11.8 Å². The van der Waals surface area contributed by atoms with Gasteiger partial charge in [0.2, 0.25) is 0 Å². The number of carboxylic acid groups (broad SMARTS) is 1. The maximum absolute atomic E-state index is 11.3. The molecule has 0 radical (unpaired) electrons. The molecule has 1 aromatic carbocycles. The monoisotopic (exact) mass is 245 g/mol. The first kappa shape index (κ1) is 11.3. The lowest BCUT2D eigenvalue weighted by Gasteiger charge is -2.10. The largest absolute Gasteiger partial charge is 0.481 e. The maximum atomic E-state index is 11.3. The normalized spacial score (nSPS) is 27.7. The van der Waals surface area contributed by atoms with Gasteiger partial charge in [0.05, 0.1) is 5.92 Å². The molecule has 1 aliphatic carbocycles. The lowest BCUT2D eigenvalue weighted by molar-refractivity contribution is -0.142. The molecule has 1 heterocycles. The average Bonchev–Trinajstić information content (AvgIpc) is 2.91. The smallest absolute Gasteiger partial charge is 0.307 e. The zero-order valence-electron chi connectivity index (χ0n) is 10.2. The minimum atomic E-state index is -0.744. The van der Waals surface area contributed by atoms with Gasteiger partial charge in [-0.25, -0.2) is 4.98 Å². The number of rotatable bonds is 2. The number of benzene rings is 1. The van der Waals surface area contributed by atoms with Crippen molar-refractivity contribution < 1.29 is 14.3 Å². The van der Waals surface area contributed by atoms with Gasteiger partial charge in [0.1, 0.15) is 5.52 Å². The van der Waals surface area contributed by atoms with Crippen molar-refractivity contribution in [2.75, 3.05) is 0 Å². The van der Waals surface area contributed by atoms with Crippen molar-refractivity contribution in [3.63, 3.8) is 0 Å². The van der Waals surface area contributed by atoms with Gasteiger partial charge >= 0.3 is 5.97 Å². The molecule has 0 aliphatic heterocycles. The molecule has 4 heteroatoms. The summed E-state index contributed by atoms with van der Waals surface area (Å²) < 4.78 is 5.71. The highest BCUT2D eigenvalue weighted by atomic mass is 16.4. The highest BCUT2D eigenvalue weighted by molar-refractivity contribution is 5.74. The number of fused-ring (bicyclic) bond motifs is 1. The molecular weight excluding hydrogens is 230 g/mol. The summed E-state index contributed by atoms with van der Waals surface area (Å²) in [5, 5.41) is 9.27. The Morgan fingerprint density at radius 3 is 2.89 bits per heavy atom. The molecule has 3 atom stereocenters. The van der Waals surface area contributed by atoms with Gasteiger partial charge in [-0.2, -0.15) is 0 Å². The molecule has 4 nitrogen and oxygen atoms in total. The fourth-order valence-electron chi connectivity index (χ4n) is 2.89. The molecule has 1 N–H and O–H groups in total. The number of nitrogens with zero attached hydrogens (tertiary/aromatic N) is 1. The molecule has 2 aromatic rings. The van der Waals surface area contributed by atoms with E-state index in [4.69, 9.17) is 4.42 Å². The summed E-state index contributed by atoms with van der Waals surface area (Å²) in [6.45, 7) is 2.08. The SMILES string of the molecule is CC1CC(C(=O)O)C(c2nc3ccccc3o2)C1. The molecule has 1 saturated carbocycles. The van der Waals surface area contributed by atoms with Crippen LogP contribution in [0.2, 0.25) is 0 Å². The van der Waals surface area contributed by atoms with Gasteiger partial charge in [-0.1, -0.05) is 19.1 Å². The first-order chi connectivity index (χ1) is 8.65. The fraction of sp³-hybridized carbons (Fsp3) is 0.429. The van der Waals surface area contributed by atoms with Gasteiger partial charge in [-0.3, -0.25) is 4.79 Å². The Morgan fingerprint density at radius 1 is 1.39 bits per heavy atom. The van der Waals surface area contributed by atoms with E-state index in [9.17, 15) is 9.90 Å². The Bertz CT molecular complexity index is 556. The van der Waals surface area contributed by atoms with E-state index in [2.05, 4.69) is 11.9 Å². The Balaban J connectivity index is 2.00. The number of aliphatic carboxylic acids is 1. The van der Waals surface area contributed by atoms with Crippen molar-refractivity contribution in [2.45, 2.75) is 25.7 Å². The van der Waals surface area contributed by atoms with Crippen LogP contribution in [0.25, 0.3) is 11.1 Å². The summed E-state index contributed by atoms with van der Waals surface area (Å²) in [6, 6.07) is 7.54. The quantitative estimate of drug-likeness (QED) is 0.883. The van der Waals surface area contributed by atoms with Crippen LogP contribution in [-0.2, 0) is 4.79 Å². The third kappa shape index (κ3) is 1.78. The van der Waals surface area contributed by atoms with Gasteiger partial charge in [-0.05, 0) is 30.9 Å². The summed E-state index contributed by atoms with van der Waals surface area (Å²) in [4.78, 5) is 15.7. The predicted molar refractivity (Wildman–Crippen MR) is 66.3 cm³/mol. The molecule has 3 unspecified atom stereocenters. The third-order valence-electron chi connectivity index (χ3n) is 3.74. The lowest BCUT2D eigenvalue weighted by Crippen LogP contribution is -2.17. The molecular formula is C14H15NO3. The maximum Gasteiger partial charge on any atom is 0.307 e. The van der Waals surface area contributed by atoms with Crippen molar-refractivity contribution in [1.82, 2.24) is 4.98 Å². The second kappa shape index (κ2) is 4.12. The standard InChI is InChI=1S/C14H15NO3/c1-8-6-9(10(7-8)14(16)17)13-15-11-4-2-3-5-12(11)18-13/h2-5,8-10H,6-7H2,1H3,(H,16,17). The summed E-state index contributed by atoms with van der Waals surface area (Å²) in [5.74, 6) is -0.219. The molecule has 1 aromatic heterocycles. The zero-order chi connectivity index (χ0) is 12.7. The molecule has 18 heavy (non-hydrogen) atoms. The number of carbonyl (C=O) groups is 1.